The third-order valence-corrected chi connectivity index (χ3v) is 4.21. The fourth-order valence-electron chi connectivity index (χ4n) is 2.93. The van der Waals surface area contributed by atoms with Gasteiger partial charge in [0.05, 0.1) is 17.1 Å². The van der Waals surface area contributed by atoms with E-state index in [2.05, 4.69) is 10.3 Å². The van der Waals surface area contributed by atoms with Crippen molar-refractivity contribution >= 4 is 17.0 Å². The van der Waals surface area contributed by atoms with Crippen LogP contribution in [0.1, 0.15) is 6.42 Å². The largest absolute Gasteiger partial charge is 0.340 e. The molecule has 3 rings (SSSR count). The fraction of sp³-hybridized carbons (Fsp3) is 0.533. The summed E-state index contributed by atoms with van der Waals surface area (Å²) in [5, 5.41) is 3.02. The van der Waals surface area contributed by atoms with Gasteiger partial charge in [-0.15, -0.1) is 0 Å². The second-order valence-corrected chi connectivity index (χ2v) is 5.84. The third-order valence-electron chi connectivity index (χ3n) is 4.21. The fourth-order valence-corrected chi connectivity index (χ4v) is 2.93. The highest BCUT2D eigenvalue weighted by atomic mass is 19.2. The molecule has 0 radical (unpaired) electrons. The Morgan fingerprint density at radius 1 is 1.35 bits per heavy atom. The van der Waals surface area contributed by atoms with Crippen LogP contribution in [-0.4, -0.2) is 48.4 Å². The first-order chi connectivity index (χ1) is 11.0. The molecule has 1 fully saturated rings. The van der Waals surface area contributed by atoms with E-state index in [1.807, 2.05) is 16.5 Å². The number of imidazole rings is 1. The van der Waals surface area contributed by atoms with Crippen LogP contribution in [0.3, 0.4) is 0 Å². The Balaban J connectivity index is 2.04. The van der Waals surface area contributed by atoms with Crippen molar-refractivity contribution in [3.8, 4) is 0 Å². The zero-order valence-electron chi connectivity index (χ0n) is 12.9. The van der Waals surface area contributed by atoms with Gasteiger partial charge in [0.15, 0.2) is 11.6 Å². The van der Waals surface area contributed by atoms with Crippen molar-refractivity contribution < 1.29 is 13.2 Å². The molecule has 1 aliphatic rings. The summed E-state index contributed by atoms with van der Waals surface area (Å²) in [6.45, 7) is 1.99. The smallest absolute Gasteiger partial charge is 0.206 e. The van der Waals surface area contributed by atoms with Gasteiger partial charge >= 0.3 is 0 Å². The number of nitrogens with one attached hydrogen (secondary N) is 1. The van der Waals surface area contributed by atoms with Crippen molar-refractivity contribution in [1.82, 2.24) is 14.9 Å². The maximum Gasteiger partial charge on any atom is 0.206 e. The van der Waals surface area contributed by atoms with Gasteiger partial charge in [-0.1, -0.05) is 0 Å². The zero-order valence-corrected chi connectivity index (χ0v) is 12.9. The molecule has 8 heteroatoms. The van der Waals surface area contributed by atoms with E-state index < -0.39 is 23.8 Å². The summed E-state index contributed by atoms with van der Waals surface area (Å²) in [7, 11) is 1.81. The van der Waals surface area contributed by atoms with Gasteiger partial charge in [0.25, 0.3) is 0 Å². The minimum absolute atomic E-state index is 0.319. The van der Waals surface area contributed by atoms with Gasteiger partial charge < -0.3 is 20.5 Å². The standard InChI is InChI=1S/C15H20F3N5/c1-20-3-5-23-14-7-11(18)10(17)6-13(14)21-15(23)22-4-2-9(16)12(19)8-22/h6-7,9,12,20H,2-5,8,19H2,1H3/t9-,12-/m1/s1. The van der Waals surface area contributed by atoms with Crippen LogP contribution in [0.15, 0.2) is 12.1 Å². The number of fused-ring (bicyclic) bond motifs is 1. The molecule has 23 heavy (non-hydrogen) atoms. The first kappa shape index (κ1) is 16.1. The lowest BCUT2D eigenvalue weighted by atomic mass is 10.1. The lowest BCUT2D eigenvalue weighted by molar-refractivity contribution is 0.243. The molecular weight excluding hydrogens is 307 g/mol. The lowest BCUT2D eigenvalue weighted by Crippen LogP contribution is -2.50. The zero-order chi connectivity index (χ0) is 16.6. The van der Waals surface area contributed by atoms with Crippen LogP contribution >= 0.6 is 0 Å². The monoisotopic (exact) mass is 327 g/mol. The van der Waals surface area contributed by atoms with Crippen LogP contribution < -0.4 is 16.0 Å². The summed E-state index contributed by atoms with van der Waals surface area (Å²) in [5.41, 5.74) is 6.71. The molecule has 0 amide bonds. The number of halogens is 3. The summed E-state index contributed by atoms with van der Waals surface area (Å²) in [5.74, 6) is -1.27. The highest BCUT2D eigenvalue weighted by molar-refractivity contribution is 5.79. The second kappa shape index (κ2) is 6.37. The van der Waals surface area contributed by atoms with Crippen LogP contribution in [0, 0.1) is 11.6 Å². The van der Waals surface area contributed by atoms with Gasteiger partial charge in [0, 0.05) is 38.3 Å². The third kappa shape index (κ3) is 3.00. The molecule has 1 aromatic heterocycles. The van der Waals surface area contributed by atoms with Crippen LogP contribution in [0.5, 0.6) is 0 Å². The van der Waals surface area contributed by atoms with E-state index in [-0.39, 0.29) is 0 Å². The molecule has 126 valence electrons. The lowest BCUT2D eigenvalue weighted by Gasteiger charge is -2.34. The van der Waals surface area contributed by atoms with Crippen LogP contribution in [0.4, 0.5) is 19.1 Å². The number of hydrogen-bond acceptors (Lipinski definition) is 4. The average Bonchev–Trinajstić information content (AvgIpc) is 2.86. The highest BCUT2D eigenvalue weighted by Gasteiger charge is 2.29. The Morgan fingerprint density at radius 2 is 2.09 bits per heavy atom. The Hall–Kier alpha value is -1.80. The molecule has 3 N–H and O–H groups in total. The van der Waals surface area contributed by atoms with Gasteiger partial charge in [-0.25, -0.2) is 18.2 Å². The molecule has 1 saturated heterocycles. The Morgan fingerprint density at radius 3 is 2.78 bits per heavy atom. The minimum Gasteiger partial charge on any atom is -0.340 e. The van der Waals surface area contributed by atoms with Crippen LogP contribution in [0.2, 0.25) is 0 Å². The molecule has 0 saturated carbocycles. The molecular formula is C15H20F3N5. The highest BCUT2D eigenvalue weighted by Crippen LogP contribution is 2.27. The number of anilines is 1. The number of nitrogens with two attached hydrogens (primary N) is 1. The van der Waals surface area contributed by atoms with Crippen molar-refractivity contribution in [2.24, 2.45) is 5.73 Å². The van der Waals surface area contributed by atoms with E-state index in [1.165, 1.54) is 0 Å². The van der Waals surface area contributed by atoms with Gasteiger partial charge in [-0.05, 0) is 13.5 Å². The van der Waals surface area contributed by atoms with Crippen LogP contribution in [0.25, 0.3) is 11.0 Å². The summed E-state index contributed by atoms with van der Waals surface area (Å²) >= 11 is 0. The maximum absolute atomic E-state index is 13.6. The second-order valence-electron chi connectivity index (χ2n) is 5.84. The molecule has 1 aromatic carbocycles. The van der Waals surface area contributed by atoms with Crippen molar-refractivity contribution in [2.45, 2.75) is 25.2 Å². The first-order valence-corrected chi connectivity index (χ1v) is 7.65. The summed E-state index contributed by atoms with van der Waals surface area (Å²) in [6, 6.07) is 1.65. The van der Waals surface area contributed by atoms with Crippen molar-refractivity contribution in [1.29, 1.82) is 0 Å². The Kier molecular flexibility index (Phi) is 4.45. The molecule has 5 nitrogen and oxygen atoms in total. The van der Waals surface area contributed by atoms with Gasteiger partial charge in [0.2, 0.25) is 5.95 Å². The number of likely N-dealkylation sites (N-methyl/N-ethyl adjacent to an activating group) is 1. The molecule has 0 aliphatic carbocycles. The van der Waals surface area contributed by atoms with Crippen molar-refractivity contribution in [3.05, 3.63) is 23.8 Å². The number of piperidine rings is 1. The normalized spacial score (nSPS) is 22.0. The molecule has 1 aliphatic heterocycles. The number of aromatic nitrogens is 2. The van der Waals surface area contributed by atoms with E-state index in [0.717, 1.165) is 12.1 Å². The summed E-state index contributed by atoms with van der Waals surface area (Å²) < 4.78 is 42.5. The molecule has 2 heterocycles. The molecule has 2 aromatic rings. The number of rotatable bonds is 4. The van der Waals surface area contributed by atoms with E-state index in [0.29, 0.717) is 49.6 Å². The van der Waals surface area contributed by atoms with Crippen molar-refractivity contribution in [3.63, 3.8) is 0 Å². The Bertz CT molecular complexity index is 702. The maximum atomic E-state index is 13.6. The number of alkyl halides is 1. The number of benzene rings is 1. The van der Waals surface area contributed by atoms with E-state index in [4.69, 9.17) is 5.73 Å². The predicted molar refractivity (Wildman–Crippen MR) is 83.3 cm³/mol. The SMILES string of the molecule is CNCCn1c(N2CC[C@@H](F)[C@H](N)C2)nc2cc(F)c(F)cc21. The molecule has 2 atom stereocenters. The van der Waals surface area contributed by atoms with E-state index >= 15 is 0 Å². The van der Waals surface area contributed by atoms with Crippen molar-refractivity contribution in [2.75, 3.05) is 31.6 Å². The number of nitrogens with zero attached hydrogens (tertiary/aromatic N) is 3. The Labute approximate surface area is 132 Å². The molecule has 0 spiro atoms. The quantitative estimate of drug-likeness (QED) is 0.891. The van der Waals surface area contributed by atoms with Gasteiger partial charge in [-0.2, -0.15) is 0 Å². The van der Waals surface area contributed by atoms with Gasteiger partial charge in [-0.3, -0.25) is 0 Å². The molecule has 0 bridgehead atoms. The minimum atomic E-state index is -1.03. The molecule has 0 unspecified atom stereocenters. The summed E-state index contributed by atoms with van der Waals surface area (Å²) in [6.07, 6.45) is -0.713. The first-order valence-electron chi connectivity index (χ1n) is 7.65. The predicted octanol–water partition coefficient (Wildman–Crippen LogP) is 1.41. The van der Waals surface area contributed by atoms with Crippen LogP contribution in [-0.2, 0) is 6.54 Å². The summed E-state index contributed by atoms with van der Waals surface area (Å²) in [4.78, 5) is 6.31. The average molecular weight is 327 g/mol. The number of hydrogen-bond donors (Lipinski definition) is 2. The topological polar surface area (TPSA) is 59.1 Å². The van der Waals surface area contributed by atoms with Gasteiger partial charge in [0.1, 0.15) is 6.17 Å². The van der Waals surface area contributed by atoms with E-state index in [1.54, 1.807) is 0 Å². The van der Waals surface area contributed by atoms with E-state index in [9.17, 15) is 13.2 Å².